The average Bonchev–Trinajstić information content (AvgIpc) is 2.24. The van der Waals surface area contributed by atoms with Crippen LogP contribution in [0.3, 0.4) is 0 Å². The van der Waals surface area contributed by atoms with Crippen LogP contribution in [0, 0.1) is 0 Å². The Morgan fingerprint density at radius 2 is 2.20 bits per heavy atom. The number of carbonyl (C=O) groups excluding carboxylic acids is 1. The van der Waals surface area contributed by atoms with E-state index in [0.717, 1.165) is 0 Å². The van der Waals surface area contributed by atoms with Crippen molar-refractivity contribution in [3.8, 4) is 0 Å². The van der Waals surface area contributed by atoms with Gasteiger partial charge in [-0.3, -0.25) is 4.79 Å². The Bertz CT molecular complexity index is 325. The topological polar surface area (TPSA) is 35.5 Å². The zero-order valence-electron chi connectivity index (χ0n) is 8.53. The molecule has 0 spiro atoms. The molecular formula is C11H13ClO3. The maximum Gasteiger partial charge on any atom is 0.188 e. The fourth-order valence-electron chi connectivity index (χ4n) is 1.05. The van der Waals surface area contributed by atoms with E-state index in [4.69, 9.17) is 21.1 Å². The first-order valence-corrected chi connectivity index (χ1v) is 4.97. The van der Waals surface area contributed by atoms with Gasteiger partial charge >= 0.3 is 0 Å². The van der Waals surface area contributed by atoms with Gasteiger partial charge in [0.05, 0.1) is 13.2 Å². The van der Waals surface area contributed by atoms with Crippen LogP contribution in [0.5, 0.6) is 0 Å². The molecular weight excluding hydrogens is 216 g/mol. The average molecular weight is 229 g/mol. The summed E-state index contributed by atoms with van der Waals surface area (Å²) in [4.78, 5) is 11.5. The highest BCUT2D eigenvalue weighted by Crippen LogP contribution is 2.11. The summed E-state index contributed by atoms with van der Waals surface area (Å²) < 4.78 is 9.90. The van der Waals surface area contributed by atoms with E-state index in [0.29, 0.717) is 23.8 Å². The predicted octanol–water partition coefficient (Wildman–Crippen LogP) is 2.19. The Morgan fingerprint density at radius 1 is 1.40 bits per heavy atom. The lowest BCUT2D eigenvalue weighted by molar-refractivity contribution is 0.0577. The number of carbonyl (C=O) groups is 1. The van der Waals surface area contributed by atoms with E-state index in [9.17, 15) is 4.79 Å². The molecule has 1 aromatic rings. The van der Waals surface area contributed by atoms with E-state index in [1.54, 1.807) is 31.4 Å². The first-order valence-electron chi connectivity index (χ1n) is 4.59. The molecule has 0 radical (unpaired) electrons. The molecule has 15 heavy (non-hydrogen) atoms. The minimum Gasteiger partial charge on any atom is -0.382 e. The zero-order valence-corrected chi connectivity index (χ0v) is 9.29. The van der Waals surface area contributed by atoms with Gasteiger partial charge in [-0.1, -0.05) is 23.7 Å². The van der Waals surface area contributed by atoms with Crippen molar-refractivity contribution < 1.29 is 14.3 Å². The number of hydrogen-bond acceptors (Lipinski definition) is 3. The summed E-state index contributed by atoms with van der Waals surface area (Å²) >= 11 is 5.76. The highest BCUT2D eigenvalue weighted by molar-refractivity contribution is 6.31. The van der Waals surface area contributed by atoms with Gasteiger partial charge in [-0.25, -0.2) is 0 Å². The zero-order chi connectivity index (χ0) is 11.1. The van der Waals surface area contributed by atoms with Crippen LogP contribution in [0.1, 0.15) is 10.4 Å². The number of methoxy groups -OCH3 is 1. The van der Waals surface area contributed by atoms with Crippen LogP contribution in [0.4, 0.5) is 0 Å². The van der Waals surface area contributed by atoms with Crippen molar-refractivity contribution in [3.63, 3.8) is 0 Å². The molecule has 0 aliphatic carbocycles. The normalized spacial score (nSPS) is 10.3. The molecule has 1 aromatic carbocycles. The van der Waals surface area contributed by atoms with Crippen molar-refractivity contribution in [1.29, 1.82) is 0 Å². The lowest BCUT2D eigenvalue weighted by atomic mass is 10.1. The number of hydrogen-bond donors (Lipinski definition) is 0. The van der Waals surface area contributed by atoms with Crippen LogP contribution in [-0.2, 0) is 9.47 Å². The molecule has 0 heterocycles. The second kappa shape index (κ2) is 6.56. The summed E-state index contributed by atoms with van der Waals surface area (Å²) in [6.07, 6.45) is 0. The summed E-state index contributed by atoms with van der Waals surface area (Å²) in [5, 5.41) is 0.553. The number of benzene rings is 1. The van der Waals surface area contributed by atoms with Crippen LogP contribution in [0.2, 0.25) is 5.02 Å². The molecule has 0 aliphatic heterocycles. The highest BCUT2D eigenvalue weighted by atomic mass is 35.5. The van der Waals surface area contributed by atoms with Crippen molar-refractivity contribution in [2.45, 2.75) is 0 Å². The number of ketones is 1. The smallest absolute Gasteiger partial charge is 0.188 e. The van der Waals surface area contributed by atoms with Crippen LogP contribution in [-0.4, -0.2) is 32.7 Å². The SMILES string of the molecule is COCCOCC(=O)c1cccc(Cl)c1. The standard InChI is InChI=1S/C11H13ClO3/c1-14-5-6-15-8-11(13)9-3-2-4-10(12)7-9/h2-4,7H,5-6,8H2,1H3. The molecule has 0 saturated heterocycles. The Hall–Kier alpha value is -0.900. The molecule has 0 atom stereocenters. The fourth-order valence-corrected chi connectivity index (χ4v) is 1.24. The molecule has 0 aromatic heterocycles. The van der Waals surface area contributed by atoms with Gasteiger partial charge in [0, 0.05) is 17.7 Å². The van der Waals surface area contributed by atoms with Crippen molar-refractivity contribution in [1.82, 2.24) is 0 Å². The van der Waals surface area contributed by atoms with Crippen LogP contribution >= 0.6 is 11.6 Å². The van der Waals surface area contributed by atoms with Gasteiger partial charge < -0.3 is 9.47 Å². The minimum absolute atomic E-state index is 0.0592. The van der Waals surface area contributed by atoms with Gasteiger partial charge in [0.1, 0.15) is 6.61 Å². The monoisotopic (exact) mass is 228 g/mol. The van der Waals surface area contributed by atoms with Gasteiger partial charge in [0.25, 0.3) is 0 Å². The van der Waals surface area contributed by atoms with Crippen molar-refractivity contribution in [2.75, 3.05) is 26.9 Å². The largest absolute Gasteiger partial charge is 0.382 e. The summed E-state index contributed by atoms with van der Waals surface area (Å²) in [6.45, 7) is 0.968. The molecule has 0 fully saturated rings. The molecule has 1 rings (SSSR count). The van der Waals surface area contributed by atoms with Crippen molar-refractivity contribution in [2.24, 2.45) is 0 Å². The van der Waals surface area contributed by atoms with Gasteiger partial charge in [-0.15, -0.1) is 0 Å². The van der Waals surface area contributed by atoms with Gasteiger partial charge in [-0.05, 0) is 12.1 Å². The Kier molecular flexibility index (Phi) is 5.32. The third kappa shape index (κ3) is 4.42. The lowest BCUT2D eigenvalue weighted by Crippen LogP contribution is -2.11. The van der Waals surface area contributed by atoms with E-state index in [1.165, 1.54) is 0 Å². The second-order valence-electron chi connectivity index (χ2n) is 2.98. The van der Waals surface area contributed by atoms with Crippen LogP contribution in [0.15, 0.2) is 24.3 Å². The molecule has 0 saturated carbocycles. The van der Waals surface area contributed by atoms with Crippen molar-refractivity contribution >= 4 is 17.4 Å². The van der Waals surface area contributed by atoms with Crippen LogP contribution in [0.25, 0.3) is 0 Å². The molecule has 0 amide bonds. The van der Waals surface area contributed by atoms with Crippen LogP contribution < -0.4 is 0 Å². The van der Waals surface area contributed by atoms with Crippen molar-refractivity contribution in [3.05, 3.63) is 34.9 Å². The van der Waals surface area contributed by atoms with E-state index < -0.39 is 0 Å². The third-order valence-corrected chi connectivity index (χ3v) is 2.05. The van der Waals surface area contributed by atoms with E-state index in [-0.39, 0.29) is 12.4 Å². The molecule has 82 valence electrons. The Balaban J connectivity index is 2.40. The van der Waals surface area contributed by atoms with Gasteiger partial charge in [0.2, 0.25) is 0 Å². The molecule has 0 bridgehead atoms. The quantitative estimate of drug-likeness (QED) is 0.553. The van der Waals surface area contributed by atoms with Gasteiger partial charge in [0.15, 0.2) is 5.78 Å². The molecule has 3 nitrogen and oxygen atoms in total. The molecule has 0 N–H and O–H groups in total. The first-order chi connectivity index (χ1) is 7.24. The first kappa shape index (κ1) is 12.2. The highest BCUT2D eigenvalue weighted by Gasteiger charge is 2.05. The minimum atomic E-state index is -0.0754. The fraction of sp³-hybridized carbons (Fsp3) is 0.364. The maximum atomic E-state index is 11.5. The second-order valence-corrected chi connectivity index (χ2v) is 3.42. The Morgan fingerprint density at radius 3 is 2.87 bits per heavy atom. The maximum absolute atomic E-state index is 11.5. The lowest BCUT2D eigenvalue weighted by Gasteiger charge is -2.03. The van der Waals surface area contributed by atoms with E-state index in [1.807, 2.05) is 0 Å². The van der Waals surface area contributed by atoms with E-state index in [2.05, 4.69) is 0 Å². The number of halogens is 1. The summed E-state index contributed by atoms with van der Waals surface area (Å²) in [5.41, 5.74) is 0.569. The molecule has 0 unspecified atom stereocenters. The summed E-state index contributed by atoms with van der Waals surface area (Å²) in [7, 11) is 1.59. The number of rotatable bonds is 6. The number of ether oxygens (including phenoxy) is 2. The third-order valence-electron chi connectivity index (χ3n) is 1.81. The van der Waals surface area contributed by atoms with Gasteiger partial charge in [-0.2, -0.15) is 0 Å². The molecule has 4 heteroatoms. The van der Waals surface area contributed by atoms with E-state index >= 15 is 0 Å². The molecule has 0 aliphatic rings. The predicted molar refractivity (Wildman–Crippen MR) is 58.5 cm³/mol. The summed E-state index contributed by atoms with van der Waals surface area (Å²) in [5.74, 6) is -0.0754. The summed E-state index contributed by atoms with van der Waals surface area (Å²) in [6, 6.07) is 6.81. The Labute approximate surface area is 93.9 Å². The number of Topliss-reactive ketones (excluding diaryl/α,β-unsaturated/α-hetero) is 1.